The summed E-state index contributed by atoms with van der Waals surface area (Å²) in [6, 6.07) is 5.89. The summed E-state index contributed by atoms with van der Waals surface area (Å²) in [5.74, 6) is 0. The molecular weight excluding hydrogens is 174 g/mol. The van der Waals surface area contributed by atoms with Crippen molar-refractivity contribution in [1.29, 1.82) is 0 Å². The van der Waals surface area contributed by atoms with Crippen molar-refractivity contribution in [2.45, 2.75) is 6.54 Å². The highest BCUT2D eigenvalue weighted by molar-refractivity contribution is 5.32. The first-order valence-corrected chi connectivity index (χ1v) is 3.52. The van der Waals surface area contributed by atoms with Gasteiger partial charge in [0.2, 0.25) is 0 Å². The number of non-ortho nitro benzene ring substituents is 1. The molecule has 0 saturated carbocycles. The quantitative estimate of drug-likeness (QED) is 0.431. The molecule has 0 aliphatic heterocycles. The molecule has 0 fully saturated rings. The summed E-state index contributed by atoms with van der Waals surface area (Å²) < 4.78 is 0. The highest BCUT2D eigenvalue weighted by atomic mass is 16.6. The molecule has 68 valence electrons. The van der Waals surface area contributed by atoms with Gasteiger partial charge in [-0.2, -0.15) is 0 Å². The van der Waals surface area contributed by atoms with Crippen molar-refractivity contribution in [1.82, 2.24) is 5.43 Å². The van der Waals surface area contributed by atoms with E-state index < -0.39 is 4.92 Å². The maximum absolute atomic E-state index is 10.2. The van der Waals surface area contributed by atoms with Crippen molar-refractivity contribution in [2.75, 3.05) is 0 Å². The number of nitrogens with one attached hydrogen (secondary N) is 1. The Morgan fingerprint density at radius 1 is 1.38 bits per heavy atom. The molecule has 1 aromatic rings. The van der Waals surface area contributed by atoms with Crippen molar-refractivity contribution in [2.24, 2.45) is 5.29 Å². The zero-order chi connectivity index (χ0) is 9.68. The molecule has 0 radical (unpaired) electrons. The number of nitro groups is 1. The van der Waals surface area contributed by atoms with E-state index in [9.17, 15) is 15.0 Å². The number of hydrogen-bond acceptors (Lipinski definition) is 4. The summed E-state index contributed by atoms with van der Waals surface area (Å²) >= 11 is 0. The molecule has 0 unspecified atom stereocenters. The molecule has 0 aliphatic rings. The third-order valence-electron chi connectivity index (χ3n) is 1.49. The lowest BCUT2D eigenvalue weighted by Gasteiger charge is -1.97. The van der Waals surface area contributed by atoms with E-state index in [1.54, 1.807) is 12.1 Å². The smallest absolute Gasteiger partial charge is 0.269 e. The zero-order valence-corrected chi connectivity index (χ0v) is 6.64. The minimum Gasteiger partial charge on any atom is -0.269 e. The lowest BCUT2D eigenvalue weighted by atomic mass is 10.2. The number of nitroso groups, excluding NO2 is 1. The zero-order valence-electron chi connectivity index (χ0n) is 6.64. The third kappa shape index (κ3) is 2.51. The highest BCUT2D eigenvalue weighted by Crippen LogP contribution is 2.11. The van der Waals surface area contributed by atoms with Gasteiger partial charge in [0.25, 0.3) is 5.69 Å². The Morgan fingerprint density at radius 3 is 2.46 bits per heavy atom. The van der Waals surface area contributed by atoms with Crippen molar-refractivity contribution in [3.05, 3.63) is 44.9 Å². The molecule has 0 atom stereocenters. The van der Waals surface area contributed by atoms with Crippen LogP contribution in [0.2, 0.25) is 0 Å². The fraction of sp³-hybridized carbons (Fsp3) is 0.143. The van der Waals surface area contributed by atoms with Crippen LogP contribution in [0.1, 0.15) is 5.56 Å². The van der Waals surface area contributed by atoms with E-state index >= 15 is 0 Å². The van der Waals surface area contributed by atoms with Crippen LogP contribution in [0.3, 0.4) is 0 Å². The van der Waals surface area contributed by atoms with E-state index in [4.69, 9.17) is 0 Å². The lowest BCUT2D eigenvalue weighted by molar-refractivity contribution is -0.384. The molecule has 6 nitrogen and oxygen atoms in total. The second kappa shape index (κ2) is 4.15. The molecule has 0 aliphatic carbocycles. The summed E-state index contributed by atoms with van der Waals surface area (Å²) in [6.45, 7) is 0.279. The summed E-state index contributed by atoms with van der Waals surface area (Å²) in [5.41, 5.74) is 3.01. The second-order valence-electron chi connectivity index (χ2n) is 2.35. The monoisotopic (exact) mass is 181 g/mol. The van der Waals surface area contributed by atoms with Crippen LogP contribution >= 0.6 is 0 Å². The summed E-state index contributed by atoms with van der Waals surface area (Å²) in [6.07, 6.45) is 0. The first-order chi connectivity index (χ1) is 6.24. The van der Waals surface area contributed by atoms with Gasteiger partial charge >= 0.3 is 0 Å². The number of nitro benzene ring substituents is 1. The van der Waals surface area contributed by atoms with E-state index in [1.807, 2.05) is 0 Å². The van der Waals surface area contributed by atoms with Crippen molar-refractivity contribution >= 4 is 5.69 Å². The Kier molecular flexibility index (Phi) is 2.91. The first kappa shape index (κ1) is 9.11. The van der Waals surface area contributed by atoms with E-state index in [1.165, 1.54) is 12.1 Å². The molecule has 0 bridgehead atoms. The Hall–Kier alpha value is -1.98. The largest absolute Gasteiger partial charge is 0.269 e. The third-order valence-corrected chi connectivity index (χ3v) is 1.49. The van der Waals surface area contributed by atoms with Crippen LogP contribution in [0.4, 0.5) is 5.69 Å². The highest BCUT2D eigenvalue weighted by Gasteiger charge is 2.02. The van der Waals surface area contributed by atoms with Crippen LogP contribution in [0.5, 0.6) is 0 Å². The van der Waals surface area contributed by atoms with Gasteiger partial charge in [-0.3, -0.25) is 15.5 Å². The molecule has 1 rings (SSSR count). The number of hydrogen-bond donors (Lipinski definition) is 1. The molecule has 0 spiro atoms. The number of nitrogens with zero attached hydrogens (tertiary/aromatic N) is 2. The standard InChI is InChI=1S/C7H7N3O3/c11-9-8-5-6-1-3-7(4-2-6)10(12)13/h1-4H,5H2,(H,8,11). The van der Waals surface area contributed by atoms with Gasteiger partial charge in [0, 0.05) is 17.4 Å². The van der Waals surface area contributed by atoms with Crippen LogP contribution in [0.25, 0.3) is 0 Å². The molecule has 0 heterocycles. The van der Waals surface area contributed by atoms with Gasteiger partial charge < -0.3 is 0 Å². The molecule has 1 aromatic carbocycles. The SMILES string of the molecule is O=NNCc1ccc([N+](=O)[O-])cc1. The van der Waals surface area contributed by atoms with Gasteiger partial charge in [0.1, 0.15) is 0 Å². The van der Waals surface area contributed by atoms with Crippen LogP contribution < -0.4 is 5.43 Å². The lowest BCUT2D eigenvalue weighted by Crippen LogP contribution is -2.03. The normalized spacial score (nSPS) is 9.23. The summed E-state index contributed by atoms with van der Waals surface area (Å²) in [7, 11) is 0. The van der Waals surface area contributed by atoms with Gasteiger partial charge in [-0.1, -0.05) is 12.1 Å². The fourth-order valence-electron chi connectivity index (χ4n) is 0.859. The first-order valence-electron chi connectivity index (χ1n) is 3.52. The predicted octanol–water partition coefficient (Wildman–Crippen LogP) is 1.37. The van der Waals surface area contributed by atoms with Crippen LogP contribution in [-0.4, -0.2) is 4.92 Å². The molecular formula is C7H7N3O3. The van der Waals surface area contributed by atoms with Crippen molar-refractivity contribution in [3.8, 4) is 0 Å². The minimum absolute atomic E-state index is 0.0304. The van der Waals surface area contributed by atoms with Gasteiger partial charge in [-0.25, -0.2) is 0 Å². The van der Waals surface area contributed by atoms with Crippen molar-refractivity contribution < 1.29 is 4.92 Å². The average molecular weight is 181 g/mol. The summed E-state index contributed by atoms with van der Waals surface area (Å²) in [4.78, 5) is 19.5. The Bertz CT molecular complexity index is 309. The second-order valence-corrected chi connectivity index (χ2v) is 2.35. The van der Waals surface area contributed by atoms with Crippen LogP contribution in [0.15, 0.2) is 29.6 Å². The minimum atomic E-state index is -0.477. The topological polar surface area (TPSA) is 84.6 Å². The van der Waals surface area contributed by atoms with Gasteiger partial charge in [0.05, 0.1) is 11.5 Å². The van der Waals surface area contributed by atoms with Crippen molar-refractivity contribution in [3.63, 3.8) is 0 Å². The predicted molar refractivity (Wildman–Crippen MR) is 45.7 cm³/mol. The van der Waals surface area contributed by atoms with E-state index in [2.05, 4.69) is 10.7 Å². The Balaban J connectivity index is 2.69. The van der Waals surface area contributed by atoms with E-state index in [0.29, 0.717) is 0 Å². The number of benzene rings is 1. The van der Waals surface area contributed by atoms with E-state index in [0.717, 1.165) is 5.56 Å². The Morgan fingerprint density at radius 2 is 2.00 bits per heavy atom. The molecule has 0 aromatic heterocycles. The van der Waals surface area contributed by atoms with Crippen LogP contribution in [0, 0.1) is 15.0 Å². The summed E-state index contributed by atoms with van der Waals surface area (Å²) in [5, 5.41) is 12.7. The average Bonchev–Trinajstić information content (AvgIpc) is 2.15. The fourth-order valence-corrected chi connectivity index (χ4v) is 0.859. The molecule has 1 N–H and O–H groups in total. The maximum Gasteiger partial charge on any atom is 0.269 e. The Labute approximate surface area is 73.7 Å². The number of rotatable bonds is 4. The van der Waals surface area contributed by atoms with Crippen LogP contribution in [-0.2, 0) is 6.54 Å². The van der Waals surface area contributed by atoms with E-state index in [-0.39, 0.29) is 12.2 Å². The maximum atomic E-state index is 10.2. The molecule has 13 heavy (non-hydrogen) atoms. The van der Waals surface area contributed by atoms with Gasteiger partial charge in [-0.15, -0.1) is 4.91 Å². The van der Waals surface area contributed by atoms with Gasteiger partial charge in [-0.05, 0) is 5.56 Å². The molecule has 0 amide bonds. The van der Waals surface area contributed by atoms with Gasteiger partial charge in [0.15, 0.2) is 0 Å². The molecule has 6 heteroatoms. The molecule has 0 saturated heterocycles.